The SMILES string of the molecule is Cc1cc([C@H](C)Nc2ccc(Cl)nc2C(=O)O)c2nc(N3CC4CC4C3)n(C)c(=O)c2c1. The van der Waals surface area contributed by atoms with Gasteiger partial charge in [-0.2, -0.15) is 0 Å². The minimum Gasteiger partial charge on any atom is -0.476 e. The third-order valence-electron chi connectivity index (χ3n) is 6.49. The molecule has 2 aromatic heterocycles. The molecule has 3 atom stereocenters. The van der Waals surface area contributed by atoms with Crippen LogP contribution in [-0.4, -0.2) is 38.7 Å². The molecule has 32 heavy (non-hydrogen) atoms. The number of aromatic carboxylic acids is 1. The number of halogens is 1. The molecule has 8 nitrogen and oxygen atoms in total. The normalized spacial score (nSPS) is 20.3. The number of piperidine rings is 1. The van der Waals surface area contributed by atoms with Crippen molar-refractivity contribution in [2.24, 2.45) is 18.9 Å². The first-order chi connectivity index (χ1) is 15.2. The van der Waals surface area contributed by atoms with Crippen molar-refractivity contribution in [2.75, 3.05) is 23.3 Å². The number of rotatable bonds is 5. The molecular formula is C23H24ClN5O3. The molecule has 166 valence electrons. The molecule has 2 N–H and O–H groups in total. The maximum atomic E-state index is 13.2. The molecule has 2 aliphatic rings. The van der Waals surface area contributed by atoms with Gasteiger partial charge in [0.15, 0.2) is 5.69 Å². The molecule has 1 saturated heterocycles. The van der Waals surface area contributed by atoms with E-state index in [-0.39, 0.29) is 22.4 Å². The molecule has 2 fully saturated rings. The van der Waals surface area contributed by atoms with Gasteiger partial charge in [-0.25, -0.2) is 14.8 Å². The van der Waals surface area contributed by atoms with E-state index in [0.29, 0.717) is 34.4 Å². The largest absolute Gasteiger partial charge is 0.476 e. The first kappa shape index (κ1) is 20.8. The Balaban J connectivity index is 1.60. The van der Waals surface area contributed by atoms with E-state index in [4.69, 9.17) is 16.6 Å². The molecule has 3 aromatic rings. The van der Waals surface area contributed by atoms with E-state index in [2.05, 4.69) is 15.2 Å². The Kier molecular flexibility index (Phi) is 4.85. The van der Waals surface area contributed by atoms with Crippen LogP contribution in [-0.2, 0) is 7.05 Å². The molecular weight excluding hydrogens is 430 g/mol. The van der Waals surface area contributed by atoms with Crippen molar-refractivity contribution in [3.63, 3.8) is 0 Å². The number of aryl methyl sites for hydroxylation is 1. The number of carboxylic acid groups (broad SMARTS) is 1. The van der Waals surface area contributed by atoms with Crippen molar-refractivity contribution in [1.29, 1.82) is 0 Å². The van der Waals surface area contributed by atoms with E-state index in [1.807, 2.05) is 26.0 Å². The van der Waals surface area contributed by atoms with Crippen LogP contribution in [0.25, 0.3) is 10.9 Å². The molecule has 1 aromatic carbocycles. The van der Waals surface area contributed by atoms with Gasteiger partial charge in [0.05, 0.1) is 22.6 Å². The minimum atomic E-state index is -1.17. The fourth-order valence-corrected chi connectivity index (χ4v) is 4.89. The highest BCUT2D eigenvalue weighted by molar-refractivity contribution is 6.29. The standard InChI is InChI=1S/C23H24ClN5O3/c1-11-6-15(12(2)25-17-4-5-18(24)26-20(17)22(31)32)19-16(7-11)21(30)28(3)23(27-19)29-9-13-8-14(13)10-29/h4-7,12-14,25H,8-10H2,1-3H3,(H,31,32)/t12-,13?,14?/m0/s1. The van der Waals surface area contributed by atoms with Gasteiger partial charge < -0.3 is 15.3 Å². The summed E-state index contributed by atoms with van der Waals surface area (Å²) in [5.41, 5.74) is 2.52. The van der Waals surface area contributed by atoms with Crippen molar-refractivity contribution < 1.29 is 9.90 Å². The average Bonchev–Trinajstić information content (AvgIpc) is 3.36. The highest BCUT2D eigenvalue weighted by atomic mass is 35.5. The molecule has 2 unspecified atom stereocenters. The van der Waals surface area contributed by atoms with E-state index >= 15 is 0 Å². The van der Waals surface area contributed by atoms with Gasteiger partial charge in [0.2, 0.25) is 5.95 Å². The van der Waals surface area contributed by atoms with Gasteiger partial charge in [-0.3, -0.25) is 9.36 Å². The van der Waals surface area contributed by atoms with E-state index in [1.165, 1.54) is 6.42 Å². The fraction of sp³-hybridized carbons (Fsp3) is 0.391. The summed E-state index contributed by atoms with van der Waals surface area (Å²) in [6, 6.07) is 6.67. The number of hydrogen-bond donors (Lipinski definition) is 2. The lowest BCUT2D eigenvalue weighted by molar-refractivity contribution is 0.0691. The van der Waals surface area contributed by atoms with Crippen LogP contribution in [0.5, 0.6) is 0 Å². The Labute approximate surface area is 189 Å². The number of anilines is 2. The maximum Gasteiger partial charge on any atom is 0.356 e. The van der Waals surface area contributed by atoms with Gasteiger partial charge in [-0.1, -0.05) is 17.7 Å². The molecule has 1 saturated carbocycles. The highest BCUT2D eigenvalue weighted by Gasteiger charge is 2.46. The van der Waals surface area contributed by atoms with Crippen molar-refractivity contribution in [2.45, 2.75) is 26.3 Å². The van der Waals surface area contributed by atoms with Crippen molar-refractivity contribution in [3.8, 4) is 0 Å². The average molecular weight is 454 g/mol. The summed E-state index contributed by atoms with van der Waals surface area (Å²) < 4.78 is 1.64. The lowest BCUT2D eigenvalue weighted by atomic mass is 10.0. The Morgan fingerprint density at radius 1 is 1.25 bits per heavy atom. The molecule has 9 heteroatoms. The quantitative estimate of drug-likeness (QED) is 0.569. The summed E-state index contributed by atoms with van der Waals surface area (Å²) in [6.07, 6.45) is 1.27. The summed E-state index contributed by atoms with van der Waals surface area (Å²) in [4.78, 5) is 36.0. The highest BCUT2D eigenvalue weighted by Crippen LogP contribution is 2.46. The summed E-state index contributed by atoms with van der Waals surface area (Å²) in [6.45, 7) is 5.72. The predicted octanol–water partition coefficient (Wildman–Crippen LogP) is 3.62. The van der Waals surface area contributed by atoms with Crippen molar-refractivity contribution in [1.82, 2.24) is 14.5 Å². The molecule has 0 bridgehead atoms. The number of carbonyl (C=O) groups is 1. The van der Waals surface area contributed by atoms with Crippen LogP contribution in [0.15, 0.2) is 29.1 Å². The Bertz CT molecular complexity index is 1310. The number of fused-ring (bicyclic) bond motifs is 2. The molecule has 3 heterocycles. The predicted molar refractivity (Wildman–Crippen MR) is 124 cm³/mol. The van der Waals surface area contributed by atoms with Crippen LogP contribution in [0.3, 0.4) is 0 Å². The van der Waals surface area contributed by atoms with E-state index < -0.39 is 5.97 Å². The third kappa shape index (κ3) is 3.48. The topological polar surface area (TPSA) is 100 Å². The van der Waals surface area contributed by atoms with Crippen LogP contribution < -0.4 is 15.8 Å². The molecule has 5 rings (SSSR count). The Morgan fingerprint density at radius 2 is 1.97 bits per heavy atom. The van der Waals surface area contributed by atoms with E-state index in [1.54, 1.807) is 23.7 Å². The zero-order valence-electron chi connectivity index (χ0n) is 18.1. The number of nitrogens with zero attached hydrogens (tertiary/aromatic N) is 4. The first-order valence-corrected chi connectivity index (χ1v) is 11.0. The molecule has 1 aliphatic heterocycles. The lowest BCUT2D eigenvalue weighted by Gasteiger charge is -2.24. The van der Waals surface area contributed by atoms with Gasteiger partial charge >= 0.3 is 5.97 Å². The fourth-order valence-electron chi connectivity index (χ4n) is 4.74. The summed E-state index contributed by atoms with van der Waals surface area (Å²) >= 11 is 5.88. The number of carboxylic acids is 1. The molecule has 0 amide bonds. The molecule has 0 radical (unpaired) electrons. The maximum absolute atomic E-state index is 13.2. The monoisotopic (exact) mass is 453 g/mol. The summed E-state index contributed by atoms with van der Waals surface area (Å²) in [5, 5.41) is 13.4. The number of pyridine rings is 1. The van der Waals surface area contributed by atoms with Gasteiger partial charge in [0, 0.05) is 25.7 Å². The third-order valence-corrected chi connectivity index (χ3v) is 6.71. The van der Waals surface area contributed by atoms with Gasteiger partial charge in [-0.15, -0.1) is 0 Å². The molecule has 1 aliphatic carbocycles. The second-order valence-corrected chi connectivity index (χ2v) is 9.28. The van der Waals surface area contributed by atoms with Crippen LogP contribution in [0.1, 0.15) is 41.0 Å². The van der Waals surface area contributed by atoms with E-state index in [0.717, 1.165) is 24.2 Å². The summed E-state index contributed by atoms with van der Waals surface area (Å²) in [7, 11) is 1.77. The van der Waals surface area contributed by atoms with Gasteiger partial charge in [0.1, 0.15) is 5.15 Å². The second-order valence-electron chi connectivity index (χ2n) is 8.89. The number of benzene rings is 1. The van der Waals surface area contributed by atoms with Gasteiger partial charge in [-0.05, 0) is 55.9 Å². The smallest absolute Gasteiger partial charge is 0.356 e. The van der Waals surface area contributed by atoms with Crippen LogP contribution in [0, 0.1) is 18.8 Å². The van der Waals surface area contributed by atoms with Gasteiger partial charge in [0.25, 0.3) is 5.56 Å². The number of hydrogen-bond acceptors (Lipinski definition) is 6. The first-order valence-electron chi connectivity index (χ1n) is 10.7. The summed E-state index contributed by atoms with van der Waals surface area (Å²) in [5.74, 6) is 0.949. The van der Waals surface area contributed by atoms with Crippen molar-refractivity contribution in [3.05, 3.63) is 56.6 Å². The number of nitrogens with one attached hydrogen (secondary N) is 1. The zero-order valence-corrected chi connectivity index (χ0v) is 18.8. The number of aromatic nitrogens is 3. The van der Waals surface area contributed by atoms with Crippen LogP contribution in [0.4, 0.5) is 11.6 Å². The van der Waals surface area contributed by atoms with Crippen molar-refractivity contribution >= 4 is 40.1 Å². The molecule has 0 spiro atoms. The lowest BCUT2D eigenvalue weighted by Crippen LogP contribution is -2.31. The minimum absolute atomic E-state index is 0.0814. The van der Waals surface area contributed by atoms with E-state index in [9.17, 15) is 14.7 Å². The Hall–Kier alpha value is -3.13. The zero-order chi connectivity index (χ0) is 22.7. The van der Waals surface area contributed by atoms with Crippen LogP contribution in [0.2, 0.25) is 5.15 Å². The second kappa shape index (κ2) is 7.48. The van der Waals surface area contributed by atoms with Crippen LogP contribution >= 0.6 is 11.6 Å². The Morgan fingerprint density at radius 3 is 2.66 bits per heavy atom.